The summed E-state index contributed by atoms with van der Waals surface area (Å²) in [6.07, 6.45) is 0. The topological polar surface area (TPSA) is 84.2 Å². The van der Waals surface area contributed by atoms with Gasteiger partial charge in [0.1, 0.15) is 0 Å². The first-order valence-corrected chi connectivity index (χ1v) is 4.88. The molecule has 0 saturated carbocycles. The zero-order valence-electron chi connectivity index (χ0n) is 9.10. The van der Waals surface area contributed by atoms with Crippen LogP contribution in [0.2, 0.25) is 0 Å². The average Bonchev–Trinajstić information content (AvgIpc) is 2.30. The van der Waals surface area contributed by atoms with Gasteiger partial charge in [-0.1, -0.05) is 0 Å². The third-order valence-electron chi connectivity index (χ3n) is 1.96. The maximum Gasteiger partial charge on any atom is 0.312 e. The average molecular weight is 261 g/mol. The minimum absolute atomic E-state index is 0.0163. The molecule has 0 aromatic heterocycles. The molecule has 4 N–H and O–H groups in total. The number of nitrogens with one attached hydrogen (secondary N) is 2. The summed E-state index contributed by atoms with van der Waals surface area (Å²) in [6, 6.07) is 0.396. The summed E-state index contributed by atoms with van der Waals surface area (Å²) in [4.78, 5) is 21.7. The van der Waals surface area contributed by atoms with Gasteiger partial charge in [0.05, 0.1) is 0 Å². The fourth-order valence-electron chi connectivity index (χ4n) is 1.15. The van der Waals surface area contributed by atoms with Crippen molar-refractivity contribution in [1.29, 1.82) is 0 Å². The molecule has 1 aromatic carbocycles. The van der Waals surface area contributed by atoms with Gasteiger partial charge in [0, 0.05) is 18.7 Å². The highest BCUT2D eigenvalue weighted by Crippen LogP contribution is 2.13. The van der Waals surface area contributed by atoms with Gasteiger partial charge < -0.3 is 16.4 Å². The van der Waals surface area contributed by atoms with Crippen LogP contribution in [0.5, 0.6) is 0 Å². The van der Waals surface area contributed by atoms with Crippen LogP contribution in [0.1, 0.15) is 10.4 Å². The Bertz CT molecular complexity index is 456. The molecule has 0 atom stereocenters. The number of rotatable bonds is 4. The smallest absolute Gasteiger partial charge is 0.312 e. The fraction of sp³-hybridized carbons (Fsp3) is 0.200. The molecular weight excluding hydrogens is 251 g/mol. The quantitative estimate of drug-likeness (QED) is 0.544. The molecule has 0 radical (unpaired) electrons. The molecule has 0 saturated heterocycles. The van der Waals surface area contributed by atoms with Crippen LogP contribution in [0.15, 0.2) is 12.1 Å². The number of primary amides is 1. The molecule has 1 rings (SSSR count). The van der Waals surface area contributed by atoms with Gasteiger partial charge in [-0.25, -0.2) is 18.0 Å². The van der Waals surface area contributed by atoms with Crippen molar-refractivity contribution in [3.05, 3.63) is 35.1 Å². The molecule has 98 valence electrons. The summed E-state index contributed by atoms with van der Waals surface area (Å²) in [6.45, 7) is 0.0790. The molecule has 0 aliphatic carbocycles. The minimum atomic E-state index is -1.64. The lowest BCUT2D eigenvalue weighted by atomic mass is 10.2. The van der Waals surface area contributed by atoms with E-state index in [1.807, 2.05) is 0 Å². The van der Waals surface area contributed by atoms with Crippen LogP contribution < -0.4 is 16.4 Å². The Hall–Kier alpha value is -2.25. The lowest BCUT2D eigenvalue weighted by Gasteiger charge is -2.06. The van der Waals surface area contributed by atoms with E-state index < -0.39 is 29.4 Å². The van der Waals surface area contributed by atoms with Crippen molar-refractivity contribution >= 4 is 11.9 Å². The van der Waals surface area contributed by atoms with Crippen LogP contribution in [0, 0.1) is 17.5 Å². The summed E-state index contributed by atoms with van der Waals surface area (Å²) in [5.41, 5.74) is 4.42. The van der Waals surface area contributed by atoms with Crippen LogP contribution in [0.25, 0.3) is 0 Å². The molecule has 0 heterocycles. The molecule has 18 heavy (non-hydrogen) atoms. The first kappa shape index (κ1) is 13.8. The Morgan fingerprint density at radius 3 is 2.06 bits per heavy atom. The van der Waals surface area contributed by atoms with Crippen LogP contribution in [-0.2, 0) is 0 Å². The van der Waals surface area contributed by atoms with E-state index >= 15 is 0 Å². The van der Waals surface area contributed by atoms with Gasteiger partial charge in [-0.3, -0.25) is 4.79 Å². The second-order valence-electron chi connectivity index (χ2n) is 3.30. The number of benzene rings is 1. The van der Waals surface area contributed by atoms with Gasteiger partial charge in [-0.15, -0.1) is 0 Å². The lowest BCUT2D eigenvalue weighted by molar-refractivity contribution is 0.0952. The Morgan fingerprint density at radius 2 is 1.56 bits per heavy atom. The zero-order valence-corrected chi connectivity index (χ0v) is 9.10. The van der Waals surface area contributed by atoms with E-state index in [4.69, 9.17) is 5.73 Å². The molecule has 0 aliphatic rings. The molecule has 0 aliphatic heterocycles. The van der Waals surface area contributed by atoms with Gasteiger partial charge >= 0.3 is 6.03 Å². The molecule has 3 amide bonds. The minimum Gasteiger partial charge on any atom is -0.352 e. The third kappa shape index (κ3) is 3.65. The maximum absolute atomic E-state index is 12.8. The molecule has 8 heteroatoms. The Labute approximate surface area is 100 Å². The van der Waals surface area contributed by atoms with Crippen molar-refractivity contribution in [3.8, 4) is 0 Å². The van der Waals surface area contributed by atoms with Gasteiger partial charge in [0.15, 0.2) is 17.5 Å². The number of carbonyl (C=O) groups is 2. The van der Waals surface area contributed by atoms with Crippen molar-refractivity contribution in [2.75, 3.05) is 13.1 Å². The number of nitrogens with two attached hydrogens (primary N) is 1. The van der Waals surface area contributed by atoms with E-state index in [2.05, 4.69) is 10.6 Å². The van der Waals surface area contributed by atoms with E-state index in [-0.39, 0.29) is 18.7 Å². The van der Waals surface area contributed by atoms with Crippen LogP contribution in [-0.4, -0.2) is 25.0 Å². The SMILES string of the molecule is NC(=O)NCCNC(=O)c1cc(F)c(F)c(F)c1. The predicted molar refractivity (Wildman–Crippen MR) is 56.2 cm³/mol. The molecule has 0 spiro atoms. The summed E-state index contributed by atoms with van der Waals surface area (Å²) >= 11 is 0. The summed E-state index contributed by atoms with van der Waals surface area (Å²) in [7, 11) is 0. The first-order chi connectivity index (χ1) is 8.41. The highest BCUT2D eigenvalue weighted by Gasteiger charge is 2.14. The fourth-order valence-corrected chi connectivity index (χ4v) is 1.15. The van der Waals surface area contributed by atoms with E-state index in [0.717, 1.165) is 0 Å². The van der Waals surface area contributed by atoms with Gasteiger partial charge in [-0.2, -0.15) is 0 Å². The Kier molecular flexibility index (Phi) is 4.52. The van der Waals surface area contributed by atoms with Gasteiger partial charge in [-0.05, 0) is 12.1 Å². The molecule has 5 nitrogen and oxygen atoms in total. The van der Waals surface area contributed by atoms with Crippen LogP contribution in [0.3, 0.4) is 0 Å². The molecule has 1 aromatic rings. The number of hydrogen-bond acceptors (Lipinski definition) is 2. The van der Waals surface area contributed by atoms with E-state index in [0.29, 0.717) is 12.1 Å². The second-order valence-corrected chi connectivity index (χ2v) is 3.30. The third-order valence-corrected chi connectivity index (χ3v) is 1.96. The standard InChI is InChI=1S/C10H10F3N3O2/c11-6-3-5(4-7(12)8(6)13)9(17)15-1-2-16-10(14)18/h3-4H,1-2H2,(H,15,17)(H3,14,16,18). The molecule has 0 unspecified atom stereocenters. The molecular formula is C10H10F3N3O2. The highest BCUT2D eigenvalue weighted by molar-refractivity contribution is 5.94. The zero-order chi connectivity index (χ0) is 13.7. The van der Waals surface area contributed by atoms with E-state index in [9.17, 15) is 22.8 Å². The van der Waals surface area contributed by atoms with Crippen molar-refractivity contribution < 1.29 is 22.8 Å². The Balaban J connectivity index is 2.59. The summed E-state index contributed by atoms with van der Waals surface area (Å²) in [5.74, 6) is -5.33. The normalized spacial score (nSPS) is 9.94. The predicted octanol–water partition coefficient (Wildman–Crippen LogP) is 0.502. The summed E-state index contributed by atoms with van der Waals surface area (Å²) < 4.78 is 38.3. The lowest BCUT2D eigenvalue weighted by Crippen LogP contribution is -2.37. The van der Waals surface area contributed by atoms with E-state index in [1.165, 1.54) is 0 Å². The molecule has 0 fully saturated rings. The Morgan fingerprint density at radius 1 is 1.06 bits per heavy atom. The largest absolute Gasteiger partial charge is 0.352 e. The van der Waals surface area contributed by atoms with Crippen molar-refractivity contribution in [3.63, 3.8) is 0 Å². The van der Waals surface area contributed by atoms with Crippen molar-refractivity contribution in [1.82, 2.24) is 10.6 Å². The monoisotopic (exact) mass is 261 g/mol. The van der Waals surface area contributed by atoms with Crippen LogP contribution >= 0.6 is 0 Å². The first-order valence-electron chi connectivity index (χ1n) is 4.88. The van der Waals surface area contributed by atoms with Crippen molar-refractivity contribution in [2.45, 2.75) is 0 Å². The number of amides is 3. The molecule has 0 bridgehead atoms. The van der Waals surface area contributed by atoms with Gasteiger partial charge in [0.2, 0.25) is 0 Å². The van der Waals surface area contributed by atoms with Gasteiger partial charge in [0.25, 0.3) is 5.91 Å². The number of hydrogen-bond donors (Lipinski definition) is 3. The highest BCUT2D eigenvalue weighted by atomic mass is 19.2. The van der Waals surface area contributed by atoms with Crippen LogP contribution in [0.4, 0.5) is 18.0 Å². The summed E-state index contributed by atoms with van der Waals surface area (Å²) in [5, 5.41) is 4.46. The number of carbonyl (C=O) groups excluding carboxylic acids is 2. The number of urea groups is 1. The maximum atomic E-state index is 12.8. The second kappa shape index (κ2) is 5.89. The number of halogens is 3. The van der Waals surface area contributed by atoms with E-state index in [1.54, 1.807) is 0 Å². The van der Waals surface area contributed by atoms with Crippen molar-refractivity contribution in [2.24, 2.45) is 5.73 Å².